The molecule has 0 saturated heterocycles. The zero-order chi connectivity index (χ0) is 12.2. The van der Waals surface area contributed by atoms with Gasteiger partial charge in [0.15, 0.2) is 0 Å². The van der Waals surface area contributed by atoms with E-state index in [1.54, 1.807) is 0 Å². The van der Waals surface area contributed by atoms with Gasteiger partial charge in [0, 0.05) is 25.1 Å². The van der Waals surface area contributed by atoms with Crippen LogP contribution in [0, 0.1) is 0 Å². The second-order valence-corrected chi connectivity index (χ2v) is 4.89. The molecule has 0 unspecified atom stereocenters. The summed E-state index contributed by atoms with van der Waals surface area (Å²) in [5.74, 6) is 2.61. The van der Waals surface area contributed by atoms with Gasteiger partial charge in [-0.3, -0.25) is 0 Å². The van der Waals surface area contributed by atoms with E-state index < -0.39 is 0 Å². The second kappa shape index (κ2) is 5.14. The SMILES string of the molecule is CCCNc1cc(NC)nc(C(C)(C)C)n1. The fraction of sp³-hybridized carbons (Fsp3) is 0.667. The lowest BCUT2D eigenvalue weighted by atomic mass is 9.96. The maximum atomic E-state index is 4.53. The van der Waals surface area contributed by atoms with Crippen molar-refractivity contribution in [2.24, 2.45) is 0 Å². The molecule has 0 aliphatic heterocycles. The molecule has 0 saturated carbocycles. The van der Waals surface area contributed by atoms with Crippen molar-refractivity contribution in [2.75, 3.05) is 24.2 Å². The minimum Gasteiger partial charge on any atom is -0.373 e. The lowest BCUT2D eigenvalue weighted by molar-refractivity contribution is 0.546. The molecule has 0 aliphatic carbocycles. The van der Waals surface area contributed by atoms with Gasteiger partial charge in [-0.2, -0.15) is 0 Å². The van der Waals surface area contributed by atoms with E-state index in [0.29, 0.717) is 0 Å². The number of nitrogens with one attached hydrogen (secondary N) is 2. The molecule has 1 aromatic heterocycles. The van der Waals surface area contributed by atoms with E-state index in [2.05, 4.69) is 48.3 Å². The van der Waals surface area contributed by atoms with Crippen LogP contribution in [0.2, 0.25) is 0 Å². The lowest BCUT2D eigenvalue weighted by Crippen LogP contribution is -2.18. The highest BCUT2D eigenvalue weighted by molar-refractivity contribution is 5.47. The maximum absolute atomic E-state index is 4.53. The van der Waals surface area contributed by atoms with Gasteiger partial charge in [-0.05, 0) is 6.42 Å². The molecule has 0 aliphatic rings. The lowest BCUT2D eigenvalue weighted by Gasteiger charge is -2.18. The van der Waals surface area contributed by atoms with Gasteiger partial charge in [-0.25, -0.2) is 9.97 Å². The van der Waals surface area contributed by atoms with Crippen LogP contribution in [0.15, 0.2) is 6.07 Å². The van der Waals surface area contributed by atoms with Crippen LogP contribution in [0.4, 0.5) is 11.6 Å². The van der Waals surface area contributed by atoms with Gasteiger partial charge >= 0.3 is 0 Å². The highest BCUT2D eigenvalue weighted by Crippen LogP contribution is 2.21. The summed E-state index contributed by atoms with van der Waals surface area (Å²) in [7, 11) is 1.87. The molecule has 1 heterocycles. The van der Waals surface area contributed by atoms with Crippen molar-refractivity contribution in [2.45, 2.75) is 39.5 Å². The van der Waals surface area contributed by atoms with Crippen LogP contribution in [0.5, 0.6) is 0 Å². The fourth-order valence-electron chi connectivity index (χ4n) is 1.25. The maximum Gasteiger partial charge on any atom is 0.138 e. The van der Waals surface area contributed by atoms with Crippen LogP contribution in [-0.4, -0.2) is 23.6 Å². The average Bonchev–Trinajstić information content (AvgIpc) is 2.24. The predicted molar refractivity (Wildman–Crippen MR) is 69.1 cm³/mol. The number of hydrogen-bond donors (Lipinski definition) is 2. The monoisotopic (exact) mass is 222 g/mol. The number of aromatic nitrogens is 2. The van der Waals surface area contributed by atoms with Crippen LogP contribution in [0.1, 0.15) is 39.9 Å². The molecule has 16 heavy (non-hydrogen) atoms. The number of nitrogens with zero attached hydrogens (tertiary/aromatic N) is 2. The number of hydrogen-bond acceptors (Lipinski definition) is 4. The molecule has 0 bridgehead atoms. The van der Waals surface area contributed by atoms with Gasteiger partial charge in [0.05, 0.1) is 0 Å². The Hall–Kier alpha value is -1.32. The van der Waals surface area contributed by atoms with Crippen LogP contribution in [0.3, 0.4) is 0 Å². The zero-order valence-corrected chi connectivity index (χ0v) is 10.9. The zero-order valence-electron chi connectivity index (χ0n) is 10.9. The molecule has 4 heteroatoms. The van der Waals surface area contributed by atoms with Gasteiger partial charge in [0.2, 0.25) is 0 Å². The van der Waals surface area contributed by atoms with E-state index in [-0.39, 0.29) is 5.41 Å². The quantitative estimate of drug-likeness (QED) is 0.822. The highest BCUT2D eigenvalue weighted by atomic mass is 15.1. The summed E-state index contributed by atoms with van der Waals surface area (Å²) in [5, 5.41) is 6.36. The molecule has 0 radical (unpaired) electrons. The summed E-state index contributed by atoms with van der Waals surface area (Å²) in [6.07, 6.45) is 1.09. The first-order chi connectivity index (χ1) is 7.47. The molecular formula is C12H22N4. The topological polar surface area (TPSA) is 49.8 Å². The number of anilines is 2. The predicted octanol–water partition coefficient (Wildman–Crippen LogP) is 2.64. The summed E-state index contributed by atoms with van der Waals surface area (Å²) in [6, 6.07) is 1.94. The normalized spacial score (nSPS) is 11.3. The molecule has 0 fully saturated rings. The van der Waals surface area contributed by atoms with Gasteiger partial charge in [0.1, 0.15) is 17.5 Å². The fourth-order valence-corrected chi connectivity index (χ4v) is 1.25. The Balaban J connectivity index is 3.01. The molecule has 0 aromatic carbocycles. The minimum atomic E-state index is -0.0322. The molecule has 0 atom stereocenters. The van der Waals surface area contributed by atoms with Crippen molar-refractivity contribution in [1.29, 1.82) is 0 Å². The van der Waals surface area contributed by atoms with Crippen molar-refractivity contribution in [3.8, 4) is 0 Å². The van der Waals surface area contributed by atoms with Crippen LogP contribution >= 0.6 is 0 Å². The Morgan fingerprint density at radius 2 is 1.81 bits per heavy atom. The van der Waals surface area contributed by atoms with Crippen molar-refractivity contribution in [3.05, 3.63) is 11.9 Å². The molecule has 0 amide bonds. The van der Waals surface area contributed by atoms with Gasteiger partial charge in [0.25, 0.3) is 0 Å². The molecule has 1 aromatic rings. The summed E-state index contributed by atoms with van der Waals surface area (Å²) in [5.41, 5.74) is -0.0322. The summed E-state index contributed by atoms with van der Waals surface area (Å²) in [4.78, 5) is 9.00. The van der Waals surface area contributed by atoms with Crippen LogP contribution in [-0.2, 0) is 5.41 Å². The third-order valence-electron chi connectivity index (χ3n) is 2.21. The first-order valence-corrected chi connectivity index (χ1v) is 5.78. The number of rotatable bonds is 4. The summed E-state index contributed by atoms with van der Waals surface area (Å²) < 4.78 is 0. The second-order valence-electron chi connectivity index (χ2n) is 4.89. The largest absolute Gasteiger partial charge is 0.373 e. The Kier molecular flexibility index (Phi) is 4.10. The van der Waals surface area contributed by atoms with E-state index >= 15 is 0 Å². The highest BCUT2D eigenvalue weighted by Gasteiger charge is 2.18. The van der Waals surface area contributed by atoms with Gasteiger partial charge in [-0.15, -0.1) is 0 Å². The third kappa shape index (κ3) is 3.36. The average molecular weight is 222 g/mol. The van der Waals surface area contributed by atoms with Gasteiger partial charge in [-0.1, -0.05) is 27.7 Å². The van der Waals surface area contributed by atoms with E-state index in [4.69, 9.17) is 0 Å². The Labute approximate surface area is 97.9 Å². The first-order valence-electron chi connectivity index (χ1n) is 5.78. The van der Waals surface area contributed by atoms with E-state index in [0.717, 1.165) is 30.4 Å². The Morgan fingerprint density at radius 3 is 2.31 bits per heavy atom. The first kappa shape index (κ1) is 12.7. The van der Waals surface area contributed by atoms with Crippen LogP contribution < -0.4 is 10.6 Å². The Bertz CT molecular complexity index is 341. The smallest absolute Gasteiger partial charge is 0.138 e. The minimum absolute atomic E-state index is 0.0322. The summed E-state index contributed by atoms with van der Waals surface area (Å²) >= 11 is 0. The third-order valence-corrected chi connectivity index (χ3v) is 2.21. The van der Waals surface area contributed by atoms with Crippen molar-refractivity contribution >= 4 is 11.6 Å². The summed E-state index contributed by atoms with van der Waals surface area (Å²) in [6.45, 7) is 9.42. The van der Waals surface area contributed by atoms with Crippen LogP contribution in [0.25, 0.3) is 0 Å². The molecule has 90 valence electrons. The molecule has 1 rings (SSSR count). The molecule has 0 spiro atoms. The van der Waals surface area contributed by atoms with E-state index in [1.165, 1.54) is 0 Å². The van der Waals surface area contributed by atoms with Crippen molar-refractivity contribution < 1.29 is 0 Å². The van der Waals surface area contributed by atoms with E-state index in [1.807, 2.05) is 13.1 Å². The molecule has 4 nitrogen and oxygen atoms in total. The Morgan fingerprint density at radius 1 is 1.19 bits per heavy atom. The van der Waals surface area contributed by atoms with Crippen molar-refractivity contribution in [3.63, 3.8) is 0 Å². The van der Waals surface area contributed by atoms with E-state index in [9.17, 15) is 0 Å². The van der Waals surface area contributed by atoms with Gasteiger partial charge < -0.3 is 10.6 Å². The molecule has 2 N–H and O–H groups in total. The standard InChI is InChI=1S/C12H22N4/c1-6-7-14-10-8-9(13-5)15-11(16-10)12(2,3)4/h8H,6-7H2,1-5H3,(H2,13,14,15,16). The van der Waals surface area contributed by atoms with Crippen molar-refractivity contribution in [1.82, 2.24) is 9.97 Å². The molecular weight excluding hydrogens is 200 g/mol.